The van der Waals surface area contributed by atoms with Crippen LogP contribution in [0.25, 0.3) is 103 Å². The van der Waals surface area contributed by atoms with E-state index in [2.05, 4.69) is 188 Å². The quantitative estimate of drug-likeness (QED) is 0.136. The molecule has 3 heterocycles. The van der Waals surface area contributed by atoms with Crippen molar-refractivity contribution in [1.29, 1.82) is 5.41 Å². The van der Waals surface area contributed by atoms with Gasteiger partial charge in [-0.1, -0.05) is 178 Å². The van der Waals surface area contributed by atoms with Gasteiger partial charge in [0.2, 0.25) is 0 Å². The number of para-hydroxylation sites is 3. The molecule has 13 aromatic rings. The van der Waals surface area contributed by atoms with Crippen molar-refractivity contribution in [3.8, 4) is 27.9 Å². The molecule has 14 rings (SSSR count). The third-order valence-electron chi connectivity index (χ3n) is 14.6. The Labute approximate surface area is 407 Å². The lowest BCUT2D eigenvalue weighted by atomic mass is 9.82. The summed E-state index contributed by atoms with van der Waals surface area (Å²) < 4.78 is 11.2. The molecule has 3 aromatic heterocycles. The van der Waals surface area contributed by atoms with Crippen LogP contribution >= 0.6 is 11.3 Å². The van der Waals surface area contributed by atoms with Crippen molar-refractivity contribution in [1.82, 2.24) is 4.57 Å². The minimum Gasteiger partial charge on any atom is -0.455 e. The van der Waals surface area contributed by atoms with Crippen molar-refractivity contribution in [2.75, 3.05) is 0 Å². The number of aliphatic imine (C=N–C) groups is 2. The highest BCUT2D eigenvalue weighted by Gasteiger charge is 2.37. The normalized spacial score (nSPS) is 13.5. The molecule has 70 heavy (non-hydrogen) atoms. The molecule has 0 atom stereocenters. The first-order valence-corrected chi connectivity index (χ1v) is 24.5. The first-order valence-electron chi connectivity index (χ1n) is 23.7. The molecule has 1 aliphatic carbocycles. The minimum atomic E-state index is -0.221. The Kier molecular flexibility index (Phi) is 8.88. The van der Waals surface area contributed by atoms with Crippen LogP contribution in [0.15, 0.2) is 221 Å². The Bertz CT molecular complexity index is 4410. The van der Waals surface area contributed by atoms with Crippen LogP contribution in [0.2, 0.25) is 0 Å². The molecule has 0 spiro atoms. The van der Waals surface area contributed by atoms with Gasteiger partial charge in [-0.2, -0.15) is 0 Å². The molecular weight excluding hydrogens is 873 g/mol. The van der Waals surface area contributed by atoms with E-state index in [1.54, 1.807) is 11.3 Å². The molecule has 6 heteroatoms. The van der Waals surface area contributed by atoms with E-state index in [9.17, 15) is 5.41 Å². The van der Waals surface area contributed by atoms with Gasteiger partial charge < -0.3 is 8.98 Å². The highest BCUT2D eigenvalue weighted by atomic mass is 32.1. The summed E-state index contributed by atoms with van der Waals surface area (Å²) >= 11 is 1.80. The Morgan fingerprint density at radius 1 is 0.543 bits per heavy atom. The molecule has 0 saturated carbocycles. The topological polar surface area (TPSA) is 66.6 Å². The number of amidine groups is 2. The average Bonchev–Trinajstić information content (AvgIpc) is 4.14. The number of thiophene rings is 1. The smallest absolute Gasteiger partial charge is 0.162 e. The SMILES string of the molecule is CC1(C)c2ccccc2-c2c(C(N=Cc3cccc4sc5cc(-n6c7ccccc7c7c8ccccc8c(-c8ccccc8)cc76)ccc5c34)=NC(=N)c3cccc4c3oc3ccccc34)cccc21. The molecule has 0 bridgehead atoms. The fraction of sp³-hybridized carbons (Fsp3) is 0.0469. The lowest BCUT2D eigenvalue weighted by Gasteiger charge is -2.21. The third-order valence-corrected chi connectivity index (χ3v) is 15.7. The number of fused-ring (bicyclic) bond motifs is 14. The Morgan fingerprint density at radius 2 is 1.24 bits per heavy atom. The maximum absolute atomic E-state index is 9.64. The first-order chi connectivity index (χ1) is 34.4. The second-order valence-corrected chi connectivity index (χ2v) is 19.9. The molecule has 0 amide bonds. The Hall–Kier alpha value is -8.71. The van der Waals surface area contributed by atoms with Gasteiger partial charge in [0.1, 0.15) is 11.2 Å². The zero-order chi connectivity index (χ0) is 46.7. The first kappa shape index (κ1) is 40.4. The van der Waals surface area contributed by atoms with Crippen molar-refractivity contribution < 1.29 is 4.42 Å². The second-order valence-electron chi connectivity index (χ2n) is 18.8. The van der Waals surface area contributed by atoms with Gasteiger partial charge in [0, 0.05) is 70.2 Å². The molecule has 330 valence electrons. The number of nitrogens with one attached hydrogen (secondary N) is 1. The fourth-order valence-electron chi connectivity index (χ4n) is 11.4. The molecule has 0 saturated heterocycles. The number of hydrogen-bond acceptors (Lipinski definition) is 3. The lowest BCUT2D eigenvalue weighted by molar-refractivity contribution is 0.660. The fourth-order valence-corrected chi connectivity index (χ4v) is 12.6. The van der Waals surface area contributed by atoms with Crippen molar-refractivity contribution in [2.45, 2.75) is 19.3 Å². The van der Waals surface area contributed by atoms with Crippen LogP contribution in [-0.4, -0.2) is 22.5 Å². The molecular formula is C64H42N4OS. The van der Waals surface area contributed by atoms with Crippen LogP contribution in [0.4, 0.5) is 0 Å². The van der Waals surface area contributed by atoms with Crippen LogP contribution in [0, 0.1) is 5.41 Å². The highest BCUT2D eigenvalue weighted by molar-refractivity contribution is 7.25. The van der Waals surface area contributed by atoms with Gasteiger partial charge in [0.25, 0.3) is 0 Å². The van der Waals surface area contributed by atoms with E-state index >= 15 is 0 Å². The van der Waals surface area contributed by atoms with Crippen molar-refractivity contribution in [3.05, 3.63) is 234 Å². The van der Waals surface area contributed by atoms with Gasteiger partial charge in [0.05, 0.1) is 16.6 Å². The van der Waals surface area contributed by atoms with Crippen LogP contribution in [0.1, 0.15) is 41.7 Å². The van der Waals surface area contributed by atoms with Crippen molar-refractivity contribution in [2.24, 2.45) is 9.98 Å². The summed E-state index contributed by atoms with van der Waals surface area (Å²) in [7, 11) is 0. The van der Waals surface area contributed by atoms with Crippen molar-refractivity contribution in [3.63, 3.8) is 0 Å². The van der Waals surface area contributed by atoms with E-state index in [-0.39, 0.29) is 11.3 Å². The number of aromatic nitrogens is 1. The summed E-state index contributed by atoms with van der Waals surface area (Å²) in [6, 6.07) is 73.1. The van der Waals surface area contributed by atoms with E-state index in [0.29, 0.717) is 17.0 Å². The van der Waals surface area contributed by atoms with Crippen LogP contribution in [-0.2, 0) is 5.41 Å². The number of nitrogens with zero attached hydrogens (tertiary/aromatic N) is 3. The minimum absolute atomic E-state index is 0.0839. The summed E-state index contributed by atoms with van der Waals surface area (Å²) in [5.74, 6) is 0.552. The highest BCUT2D eigenvalue weighted by Crippen LogP contribution is 2.50. The van der Waals surface area contributed by atoms with Gasteiger partial charge in [-0.15, -0.1) is 11.3 Å². The van der Waals surface area contributed by atoms with E-state index < -0.39 is 0 Å². The van der Waals surface area contributed by atoms with E-state index in [1.807, 2.05) is 42.6 Å². The maximum Gasteiger partial charge on any atom is 0.162 e. The third kappa shape index (κ3) is 6.00. The van der Waals surface area contributed by atoms with E-state index in [0.717, 1.165) is 44.1 Å². The summed E-state index contributed by atoms with van der Waals surface area (Å²) in [5.41, 5.74) is 14.3. The lowest BCUT2D eigenvalue weighted by Crippen LogP contribution is -2.15. The number of rotatable bonds is 5. The molecule has 0 fully saturated rings. The molecule has 5 nitrogen and oxygen atoms in total. The second kappa shape index (κ2) is 15.4. The van der Waals surface area contributed by atoms with E-state index in [1.165, 1.54) is 75.2 Å². The largest absolute Gasteiger partial charge is 0.455 e. The average molecular weight is 915 g/mol. The van der Waals surface area contributed by atoms with Gasteiger partial charge in [-0.3, -0.25) is 5.41 Å². The van der Waals surface area contributed by atoms with Gasteiger partial charge in [-0.25, -0.2) is 9.98 Å². The standard InChI is InChI=1S/C64H42N4OS/c1-64(2)51-28-11-8-23-45(51)59-48(26-16-29-52(59)64)63(67-62(65)49-27-15-25-44-42-21-10-13-31-55(42)69-61(44)49)66-37-39-19-14-32-56-58(39)47-34-33-40(35-57(47)70-56)68-53-30-12-9-24-46(53)60-43-22-7-6-20-41(43)50(36-54(60)68)38-17-4-3-5-18-38/h3-37,65H,1-2H3. The van der Waals surface area contributed by atoms with Crippen molar-refractivity contribution >= 4 is 104 Å². The summed E-state index contributed by atoms with van der Waals surface area (Å²) in [6.07, 6.45) is 1.95. The summed E-state index contributed by atoms with van der Waals surface area (Å²) in [4.78, 5) is 10.5. The zero-order valence-corrected chi connectivity index (χ0v) is 39.2. The summed E-state index contributed by atoms with van der Waals surface area (Å²) in [6.45, 7) is 4.57. The maximum atomic E-state index is 9.64. The zero-order valence-electron chi connectivity index (χ0n) is 38.4. The molecule has 1 aliphatic rings. The van der Waals surface area contributed by atoms with E-state index in [4.69, 9.17) is 14.4 Å². The predicted molar refractivity (Wildman–Crippen MR) is 295 cm³/mol. The summed E-state index contributed by atoms with van der Waals surface area (Å²) in [5, 5.41) is 18.9. The van der Waals surface area contributed by atoms with Crippen LogP contribution in [0.3, 0.4) is 0 Å². The van der Waals surface area contributed by atoms with Crippen LogP contribution < -0.4 is 0 Å². The Morgan fingerprint density at radius 3 is 2.13 bits per heavy atom. The van der Waals surface area contributed by atoms with Gasteiger partial charge >= 0.3 is 0 Å². The molecule has 1 N–H and O–H groups in total. The monoisotopic (exact) mass is 914 g/mol. The molecule has 10 aromatic carbocycles. The molecule has 0 unspecified atom stereocenters. The van der Waals surface area contributed by atoms with Gasteiger partial charge in [-0.05, 0) is 86.6 Å². The molecule has 0 radical (unpaired) electrons. The Balaban J connectivity index is 0.935. The number of hydrogen-bond donors (Lipinski definition) is 1. The number of benzene rings is 10. The predicted octanol–water partition coefficient (Wildman–Crippen LogP) is 17.1. The number of furan rings is 1. The molecule has 0 aliphatic heterocycles. The van der Waals surface area contributed by atoms with Gasteiger partial charge in [0.15, 0.2) is 11.7 Å². The van der Waals surface area contributed by atoms with Crippen LogP contribution in [0.5, 0.6) is 0 Å².